The van der Waals surface area contributed by atoms with Crippen molar-refractivity contribution < 1.29 is 18.3 Å². The number of halogens is 3. The van der Waals surface area contributed by atoms with Gasteiger partial charge in [-0.25, -0.2) is 0 Å². The van der Waals surface area contributed by atoms with Crippen molar-refractivity contribution in [3.8, 4) is 5.75 Å². The van der Waals surface area contributed by atoms with Crippen LogP contribution in [0.4, 0.5) is 14.5 Å². The molecule has 9 heteroatoms. The van der Waals surface area contributed by atoms with Crippen LogP contribution in [0.15, 0.2) is 53.5 Å². The number of nitrogens with one attached hydrogen (secondary N) is 2. The van der Waals surface area contributed by atoms with E-state index in [1.54, 1.807) is 25.2 Å². The summed E-state index contributed by atoms with van der Waals surface area (Å²) in [4.78, 5) is 18.0. The summed E-state index contributed by atoms with van der Waals surface area (Å²) in [6.45, 7) is -1.28. The number of carbonyl (C=O) groups is 1. The van der Waals surface area contributed by atoms with Gasteiger partial charge in [0.2, 0.25) is 5.91 Å². The van der Waals surface area contributed by atoms with E-state index in [2.05, 4.69) is 20.4 Å². The first-order chi connectivity index (χ1) is 14.6. The number of para-hydroxylation sites is 1. The van der Waals surface area contributed by atoms with E-state index in [1.807, 2.05) is 29.2 Å². The van der Waals surface area contributed by atoms with Crippen molar-refractivity contribution in [3.63, 3.8) is 0 Å². The molecular weight excluding hydrogens is 517 g/mol. The number of guanidine groups is 1. The lowest BCUT2D eigenvalue weighted by Crippen LogP contribution is -2.36. The summed E-state index contributed by atoms with van der Waals surface area (Å²) in [6.07, 6.45) is 2.60. The number of benzene rings is 2. The molecule has 1 saturated heterocycles. The molecule has 1 amide bonds. The van der Waals surface area contributed by atoms with Gasteiger partial charge in [0.05, 0.1) is 0 Å². The van der Waals surface area contributed by atoms with E-state index in [4.69, 9.17) is 0 Å². The van der Waals surface area contributed by atoms with Gasteiger partial charge in [0.25, 0.3) is 0 Å². The number of carbonyl (C=O) groups excluding carboxylic acids is 1. The van der Waals surface area contributed by atoms with Gasteiger partial charge in [0.1, 0.15) is 5.75 Å². The fourth-order valence-corrected chi connectivity index (χ4v) is 3.32. The minimum atomic E-state index is -2.87. The van der Waals surface area contributed by atoms with Gasteiger partial charge < -0.3 is 20.3 Å². The predicted octanol–water partition coefficient (Wildman–Crippen LogP) is 4.29. The molecule has 1 aliphatic heterocycles. The van der Waals surface area contributed by atoms with Crippen molar-refractivity contribution in [1.82, 2.24) is 10.6 Å². The Morgan fingerprint density at radius 1 is 1.10 bits per heavy atom. The summed E-state index contributed by atoms with van der Waals surface area (Å²) < 4.78 is 29.6. The van der Waals surface area contributed by atoms with Crippen LogP contribution in [0.3, 0.4) is 0 Å². The highest BCUT2D eigenvalue weighted by Gasteiger charge is 2.19. The Hall–Kier alpha value is -2.43. The van der Waals surface area contributed by atoms with Crippen LogP contribution in [0.1, 0.15) is 30.4 Å². The molecule has 0 spiro atoms. The average Bonchev–Trinajstić information content (AvgIpc) is 2.75. The van der Waals surface area contributed by atoms with Crippen molar-refractivity contribution in [2.24, 2.45) is 4.99 Å². The van der Waals surface area contributed by atoms with E-state index in [0.717, 1.165) is 30.6 Å². The van der Waals surface area contributed by atoms with Gasteiger partial charge in [-0.2, -0.15) is 8.78 Å². The fraction of sp³-hybridized carbons (Fsp3) is 0.364. The Bertz CT molecular complexity index is 878. The Labute approximate surface area is 198 Å². The summed E-state index contributed by atoms with van der Waals surface area (Å²) in [5.74, 6) is 0.850. The second kappa shape index (κ2) is 12.4. The molecule has 168 valence electrons. The van der Waals surface area contributed by atoms with E-state index in [1.165, 1.54) is 6.07 Å². The first-order valence-electron chi connectivity index (χ1n) is 9.93. The lowest BCUT2D eigenvalue weighted by atomic mass is 10.1. The maximum absolute atomic E-state index is 12.5. The summed E-state index contributed by atoms with van der Waals surface area (Å²) in [5.41, 5.74) is 2.56. The third-order valence-corrected chi connectivity index (χ3v) is 4.89. The molecule has 0 aliphatic carbocycles. The monoisotopic (exact) mass is 544 g/mol. The zero-order valence-corrected chi connectivity index (χ0v) is 19.6. The predicted molar refractivity (Wildman–Crippen MR) is 128 cm³/mol. The highest BCUT2D eigenvalue weighted by Crippen LogP contribution is 2.22. The summed E-state index contributed by atoms with van der Waals surface area (Å²) in [7, 11) is 1.64. The second-order valence-electron chi connectivity index (χ2n) is 6.93. The third kappa shape index (κ3) is 7.34. The number of nitrogens with zero attached hydrogens (tertiary/aromatic N) is 2. The summed E-state index contributed by atoms with van der Waals surface area (Å²) in [5, 5.41) is 6.29. The number of aliphatic imine (C=N–C) groups is 1. The van der Waals surface area contributed by atoms with Gasteiger partial charge in [0, 0.05) is 44.4 Å². The number of anilines is 1. The molecule has 2 aromatic rings. The molecule has 31 heavy (non-hydrogen) atoms. The topological polar surface area (TPSA) is 66.0 Å². The standard InChI is InChI=1S/C22H26F2N4O2.HI/c1-25-22(27-15-17-6-2-3-7-19(17)30-21(23)24)26-14-16-9-11-18(12-10-16)28-13-5-4-8-20(28)29;/h2-3,6-7,9-12,21H,4-5,8,13-15H2,1H3,(H2,25,26,27);1H. The van der Waals surface area contributed by atoms with Crippen LogP contribution in [-0.2, 0) is 17.9 Å². The zero-order chi connectivity index (χ0) is 21.3. The van der Waals surface area contributed by atoms with Gasteiger partial charge in [-0.05, 0) is 36.6 Å². The van der Waals surface area contributed by atoms with Crippen LogP contribution >= 0.6 is 24.0 Å². The summed E-state index contributed by atoms with van der Waals surface area (Å²) >= 11 is 0. The van der Waals surface area contributed by atoms with E-state index < -0.39 is 6.61 Å². The smallest absolute Gasteiger partial charge is 0.387 e. The number of hydrogen-bond donors (Lipinski definition) is 2. The van der Waals surface area contributed by atoms with Crippen LogP contribution < -0.4 is 20.3 Å². The van der Waals surface area contributed by atoms with Crippen LogP contribution in [0.2, 0.25) is 0 Å². The van der Waals surface area contributed by atoms with E-state index in [9.17, 15) is 13.6 Å². The first kappa shape index (κ1) is 24.8. The molecular formula is C22H27F2IN4O2. The highest BCUT2D eigenvalue weighted by molar-refractivity contribution is 14.0. The van der Waals surface area contributed by atoms with Crippen molar-refractivity contribution >= 4 is 41.5 Å². The Kier molecular flexibility index (Phi) is 9.96. The van der Waals surface area contributed by atoms with Crippen molar-refractivity contribution in [1.29, 1.82) is 0 Å². The maximum Gasteiger partial charge on any atom is 0.387 e. The molecule has 2 N–H and O–H groups in total. The number of rotatable bonds is 7. The van der Waals surface area contributed by atoms with Gasteiger partial charge >= 0.3 is 6.61 Å². The third-order valence-electron chi connectivity index (χ3n) is 4.89. The molecule has 0 aromatic heterocycles. The molecule has 3 rings (SSSR count). The first-order valence-corrected chi connectivity index (χ1v) is 9.93. The largest absolute Gasteiger partial charge is 0.434 e. The van der Waals surface area contributed by atoms with Crippen LogP contribution in [0.25, 0.3) is 0 Å². The van der Waals surface area contributed by atoms with Gasteiger partial charge in [-0.3, -0.25) is 9.79 Å². The Morgan fingerprint density at radius 2 is 1.81 bits per heavy atom. The van der Waals surface area contributed by atoms with Crippen molar-refractivity contribution in [3.05, 3.63) is 59.7 Å². The Morgan fingerprint density at radius 3 is 2.48 bits per heavy atom. The molecule has 0 bridgehead atoms. The minimum absolute atomic E-state index is 0. The fourth-order valence-electron chi connectivity index (χ4n) is 3.32. The van der Waals surface area contributed by atoms with Crippen molar-refractivity contribution in [2.45, 2.75) is 39.0 Å². The molecule has 6 nitrogen and oxygen atoms in total. The SMILES string of the molecule is CN=C(NCc1ccc(N2CCCCC2=O)cc1)NCc1ccccc1OC(F)F.I. The van der Waals surface area contributed by atoms with E-state index in [0.29, 0.717) is 31.0 Å². The van der Waals surface area contributed by atoms with Gasteiger partial charge in [-0.1, -0.05) is 30.3 Å². The van der Waals surface area contributed by atoms with Crippen molar-refractivity contribution in [2.75, 3.05) is 18.5 Å². The quantitative estimate of drug-likeness (QED) is 0.310. The Balaban J connectivity index is 0.00000341. The molecule has 0 atom stereocenters. The lowest BCUT2D eigenvalue weighted by molar-refractivity contribution is -0.119. The van der Waals surface area contributed by atoms with Crippen LogP contribution in [0, 0.1) is 0 Å². The highest BCUT2D eigenvalue weighted by atomic mass is 127. The van der Waals surface area contributed by atoms with Gasteiger partial charge in [-0.15, -0.1) is 24.0 Å². The molecule has 0 unspecified atom stereocenters. The number of alkyl halides is 2. The molecule has 1 aliphatic rings. The second-order valence-corrected chi connectivity index (χ2v) is 6.93. The van der Waals surface area contributed by atoms with E-state index >= 15 is 0 Å². The number of hydrogen-bond acceptors (Lipinski definition) is 3. The number of ether oxygens (including phenoxy) is 1. The molecule has 1 heterocycles. The van der Waals surface area contributed by atoms with Crippen LogP contribution in [-0.4, -0.2) is 32.1 Å². The molecule has 2 aromatic carbocycles. The van der Waals surface area contributed by atoms with Crippen LogP contribution in [0.5, 0.6) is 5.75 Å². The zero-order valence-electron chi connectivity index (χ0n) is 17.3. The number of amides is 1. The summed E-state index contributed by atoms with van der Waals surface area (Å²) in [6, 6.07) is 14.5. The minimum Gasteiger partial charge on any atom is -0.434 e. The van der Waals surface area contributed by atoms with E-state index in [-0.39, 0.29) is 35.6 Å². The van der Waals surface area contributed by atoms with Gasteiger partial charge in [0.15, 0.2) is 5.96 Å². The maximum atomic E-state index is 12.5. The number of piperidine rings is 1. The average molecular weight is 544 g/mol. The molecule has 0 saturated carbocycles. The normalized spacial score (nSPS) is 14.3. The molecule has 0 radical (unpaired) electrons. The lowest BCUT2D eigenvalue weighted by Gasteiger charge is -2.26. The molecule has 1 fully saturated rings.